The van der Waals surface area contributed by atoms with Crippen LogP contribution in [-0.2, 0) is 0 Å². The zero-order chi connectivity index (χ0) is 16.0. The van der Waals surface area contributed by atoms with Crippen LogP contribution in [-0.4, -0.2) is 4.98 Å². The Morgan fingerprint density at radius 1 is 0.957 bits per heavy atom. The van der Waals surface area contributed by atoms with E-state index < -0.39 is 0 Å². The summed E-state index contributed by atoms with van der Waals surface area (Å²) in [5.74, 6) is 0.802. The molecule has 0 radical (unpaired) electrons. The number of aryl methyl sites for hydroxylation is 1. The molecule has 1 heteroatoms. The van der Waals surface area contributed by atoms with Crippen LogP contribution in [0.5, 0.6) is 0 Å². The Kier molecular flexibility index (Phi) is 3.30. The topological polar surface area (TPSA) is 12.9 Å². The highest BCUT2D eigenvalue weighted by molar-refractivity contribution is 5.80. The van der Waals surface area contributed by atoms with Crippen molar-refractivity contribution in [2.45, 2.75) is 26.7 Å². The number of para-hydroxylation sites is 1. The molecule has 0 saturated carbocycles. The first-order valence-electron chi connectivity index (χ1n) is 8.32. The number of hydrogen-bond donors (Lipinski definition) is 0. The third kappa shape index (κ3) is 2.28. The summed E-state index contributed by atoms with van der Waals surface area (Å²) in [6.45, 7) is 6.75. The molecule has 1 aromatic heterocycles. The minimum absolute atomic E-state index is 0.288. The van der Waals surface area contributed by atoms with Gasteiger partial charge in [-0.2, -0.15) is 0 Å². The quantitative estimate of drug-likeness (QED) is 0.589. The van der Waals surface area contributed by atoms with Gasteiger partial charge in [-0.3, -0.25) is 4.98 Å². The zero-order valence-electron chi connectivity index (χ0n) is 13.9. The molecule has 114 valence electrons. The Balaban J connectivity index is 1.95. The number of allylic oxidation sites excluding steroid dienone is 1. The maximum Gasteiger partial charge on any atom is 0.0705 e. The summed E-state index contributed by atoms with van der Waals surface area (Å²) in [6.07, 6.45) is 2.36. The Morgan fingerprint density at radius 3 is 2.52 bits per heavy atom. The monoisotopic (exact) mass is 299 g/mol. The Bertz CT molecular complexity index is 918. The summed E-state index contributed by atoms with van der Waals surface area (Å²) < 4.78 is 0. The van der Waals surface area contributed by atoms with E-state index in [1.165, 1.54) is 33.3 Å². The molecule has 1 nitrogen and oxygen atoms in total. The van der Waals surface area contributed by atoms with Crippen LogP contribution in [0, 0.1) is 12.8 Å². The molecule has 1 atom stereocenters. The van der Waals surface area contributed by atoms with Crippen molar-refractivity contribution in [1.82, 2.24) is 4.98 Å². The van der Waals surface area contributed by atoms with Crippen LogP contribution in [0.1, 0.15) is 42.1 Å². The number of fused-ring (bicyclic) bond motifs is 2. The van der Waals surface area contributed by atoms with E-state index in [1.54, 1.807) is 0 Å². The van der Waals surface area contributed by atoms with Gasteiger partial charge in [0.2, 0.25) is 0 Å². The summed E-state index contributed by atoms with van der Waals surface area (Å²) in [6, 6.07) is 19.4. The van der Waals surface area contributed by atoms with Crippen molar-refractivity contribution in [2.24, 2.45) is 5.92 Å². The van der Waals surface area contributed by atoms with E-state index in [4.69, 9.17) is 4.98 Å². The predicted octanol–water partition coefficient (Wildman–Crippen LogP) is 5.73. The van der Waals surface area contributed by atoms with Gasteiger partial charge < -0.3 is 0 Å². The molecule has 0 spiro atoms. The number of pyridine rings is 1. The van der Waals surface area contributed by atoms with Crippen molar-refractivity contribution in [3.8, 4) is 0 Å². The van der Waals surface area contributed by atoms with Crippen molar-refractivity contribution in [2.75, 3.05) is 0 Å². The Hall–Kier alpha value is -2.41. The lowest BCUT2D eigenvalue weighted by Crippen LogP contribution is -2.09. The van der Waals surface area contributed by atoms with Crippen molar-refractivity contribution >= 4 is 17.0 Å². The summed E-state index contributed by atoms with van der Waals surface area (Å²) in [4.78, 5) is 5.05. The van der Waals surface area contributed by atoms with E-state index in [0.717, 1.165) is 5.52 Å². The summed E-state index contributed by atoms with van der Waals surface area (Å²) >= 11 is 0. The van der Waals surface area contributed by atoms with Gasteiger partial charge in [0.1, 0.15) is 0 Å². The van der Waals surface area contributed by atoms with E-state index in [1.807, 2.05) is 0 Å². The van der Waals surface area contributed by atoms with Crippen LogP contribution in [0.15, 0.2) is 60.2 Å². The molecular weight excluding hydrogens is 278 g/mol. The van der Waals surface area contributed by atoms with E-state index in [0.29, 0.717) is 5.92 Å². The van der Waals surface area contributed by atoms with Gasteiger partial charge in [0.05, 0.1) is 11.2 Å². The first-order valence-corrected chi connectivity index (χ1v) is 8.32. The molecule has 1 aliphatic carbocycles. The van der Waals surface area contributed by atoms with Gasteiger partial charge in [-0.15, -0.1) is 0 Å². The minimum atomic E-state index is 0.288. The summed E-state index contributed by atoms with van der Waals surface area (Å²) in [7, 11) is 0. The van der Waals surface area contributed by atoms with E-state index in [2.05, 4.69) is 81.4 Å². The summed E-state index contributed by atoms with van der Waals surface area (Å²) in [5.41, 5.74) is 7.76. The van der Waals surface area contributed by atoms with Crippen LogP contribution < -0.4 is 0 Å². The maximum atomic E-state index is 5.05. The Morgan fingerprint density at radius 2 is 1.70 bits per heavy atom. The lowest BCUT2D eigenvalue weighted by atomic mass is 9.84. The van der Waals surface area contributed by atoms with E-state index >= 15 is 0 Å². The van der Waals surface area contributed by atoms with Gasteiger partial charge in [0, 0.05) is 11.3 Å². The second-order valence-corrected chi connectivity index (χ2v) is 6.74. The van der Waals surface area contributed by atoms with Gasteiger partial charge in [-0.05, 0) is 41.7 Å². The second kappa shape index (κ2) is 5.34. The highest BCUT2D eigenvalue weighted by atomic mass is 14.7. The number of aromatic nitrogens is 1. The highest BCUT2D eigenvalue weighted by Gasteiger charge is 2.30. The molecule has 4 rings (SSSR count). The lowest BCUT2D eigenvalue weighted by Gasteiger charge is -2.21. The molecule has 0 fully saturated rings. The highest BCUT2D eigenvalue weighted by Crippen LogP contribution is 2.44. The smallest absolute Gasteiger partial charge is 0.0705 e. The molecule has 0 bridgehead atoms. The van der Waals surface area contributed by atoms with E-state index in [9.17, 15) is 0 Å². The van der Waals surface area contributed by atoms with Gasteiger partial charge >= 0.3 is 0 Å². The lowest BCUT2D eigenvalue weighted by molar-refractivity contribution is 0.706. The molecule has 0 saturated heterocycles. The number of benzene rings is 2. The summed E-state index contributed by atoms with van der Waals surface area (Å²) in [5, 5.41) is 1.22. The maximum absolute atomic E-state index is 5.05. The fourth-order valence-electron chi connectivity index (χ4n) is 3.68. The van der Waals surface area contributed by atoms with Crippen LogP contribution >= 0.6 is 0 Å². The minimum Gasteiger partial charge on any atom is -0.252 e. The molecule has 2 aromatic carbocycles. The van der Waals surface area contributed by atoms with Crippen molar-refractivity contribution in [1.29, 1.82) is 0 Å². The zero-order valence-corrected chi connectivity index (χ0v) is 13.9. The molecule has 1 unspecified atom stereocenters. The van der Waals surface area contributed by atoms with E-state index in [-0.39, 0.29) is 5.92 Å². The van der Waals surface area contributed by atoms with Crippen molar-refractivity contribution in [3.05, 3.63) is 82.6 Å². The average molecular weight is 299 g/mol. The standard InChI is InChI=1S/C22H21N/c1-14(2)19-13-16-8-4-6-10-18(16)21(19)22-15(3)12-17-9-5-7-11-20(17)23-22/h4-14,21H,1-3H3. The molecule has 0 amide bonds. The van der Waals surface area contributed by atoms with Crippen LogP contribution in [0.2, 0.25) is 0 Å². The molecule has 0 aliphatic heterocycles. The molecular formula is C22H21N. The van der Waals surface area contributed by atoms with Gasteiger partial charge in [0.15, 0.2) is 0 Å². The number of hydrogen-bond acceptors (Lipinski definition) is 1. The molecule has 1 aliphatic rings. The SMILES string of the molecule is Cc1cc2ccccc2nc1C1C(C(C)C)=Cc2ccccc21. The first-order chi connectivity index (χ1) is 11.1. The molecule has 3 aromatic rings. The fourth-order valence-corrected chi connectivity index (χ4v) is 3.68. The number of rotatable bonds is 2. The predicted molar refractivity (Wildman–Crippen MR) is 97.6 cm³/mol. The molecule has 1 heterocycles. The number of nitrogens with zero attached hydrogens (tertiary/aromatic N) is 1. The van der Waals surface area contributed by atoms with Gasteiger partial charge in [-0.25, -0.2) is 0 Å². The molecule has 0 N–H and O–H groups in total. The third-order valence-corrected chi connectivity index (χ3v) is 4.86. The van der Waals surface area contributed by atoms with Crippen molar-refractivity contribution in [3.63, 3.8) is 0 Å². The normalized spacial score (nSPS) is 16.7. The first kappa shape index (κ1) is 14.2. The largest absolute Gasteiger partial charge is 0.252 e. The van der Waals surface area contributed by atoms with Gasteiger partial charge in [-0.1, -0.05) is 68.0 Å². The molecule has 23 heavy (non-hydrogen) atoms. The van der Waals surface area contributed by atoms with Crippen molar-refractivity contribution < 1.29 is 0 Å². The average Bonchev–Trinajstić information content (AvgIpc) is 2.94. The van der Waals surface area contributed by atoms with Crippen LogP contribution in [0.3, 0.4) is 0 Å². The Labute approximate surface area is 137 Å². The third-order valence-electron chi connectivity index (χ3n) is 4.86. The van der Waals surface area contributed by atoms with Crippen LogP contribution in [0.4, 0.5) is 0 Å². The van der Waals surface area contributed by atoms with Crippen LogP contribution in [0.25, 0.3) is 17.0 Å². The fraction of sp³-hybridized carbons (Fsp3) is 0.227. The second-order valence-electron chi connectivity index (χ2n) is 6.74. The van der Waals surface area contributed by atoms with Gasteiger partial charge in [0.25, 0.3) is 0 Å².